The van der Waals surface area contributed by atoms with E-state index >= 15 is 0 Å². The SMILES string of the molecule is c1ccc(-c2cccc(N(c3ccc(-c4ccc(-c5cccc(-c6oc7ccccc7c6-c6ccccc6)c5)cc4)cc3)c3cc4ccccc4c4ccccc34)c2)cc1. The first-order chi connectivity index (χ1) is 29.7. The Hall–Kier alpha value is -7.94. The van der Waals surface area contributed by atoms with Crippen LogP contribution in [0.1, 0.15) is 0 Å². The number of fused-ring (bicyclic) bond motifs is 4. The minimum atomic E-state index is 0.887. The summed E-state index contributed by atoms with van der Waals surface area (Å²) in [7, 11) is 0. The summed E-state index contributed by atoms with van der Waals surface area (Å²) < 4.78 is 6.55. The van der Waals surface area contributed by atoms with Crippen LogP contribution in [0.15, 0.2) is 241 Å². The number of benzene rings is 10. The van der Waals surface area contributed by atoms with Gasteiger partial charge in [0, 0.05) is 33.3 Å². The number of para-hydroxylation sites is 1. The van der Waals surface area contributed by atoms with Crippen LogP contribution in [0.25, 0.3) is 88.3 Å². The van der Waals surface area contributed by atoms with Crippen molar-refractivity contribution in [2.45, 2.75) is 0 Å². The Bertz CT molecular complexity index is 3290. The molecular weight excluding hydrogens is 727 g/mol. The topological polar surface area (TPSA) is 16.4 Å². The van der Waals surface area contributed by atoms with Gasteiger partial charge in [0.15, 0.2) is 0 Å². The summed E-state index contributed by atoms with van der Waals surface area (Å²) >= 11 is 0. The largest absolute Gasteiger partial charge is 0.455 e. The smallest absolute Gasteiger partial charge is 0.143 e. The number of hydrogen-bond acceptors (Lipinski definition) is 2. The Morgan fingerprint density at radius 3 is 1.52 bits per heavy atom. The summed E-state index contributed by atoms with van der Waals surface area (Å²) in [6.07, 6.45) is 0. The maximum absolute atomic E-state index is 6.55. The van der Waals surface area contributed by atoms with Crippen molar-refractivity contribution in [3.05, 3.63) is 237 Å². The molecule has 1 heterocycles. The van der Waals surface area contributed by atoms with E-state index in [2.05, 4.69) is 229 Å². The van der Waals surface area contributed by atoms with Gasteiger partial charge in [-0.1, -0.05) is 194 Å². The van der Waals surface area contributed by atoms with Crippen LogP contribution in [0.4, 0.5) is 17.1 Å². The van der Waals surface area contributed by atoms with Crippen molar-refractivity contribution in [1.29, 1.82) is 0 Å². The van der Waals surface area contributed by atoms with E-state index in [0.717, 1.165) is 67.2 Å². The van der Waals surface area contributed by atoms with Crippen molar-refractivity contribution in [2.75, 3.05) is 4.90 Å². The highest BCUT2D eigenvalue weighted by Crippen LogP contribution is 2.44. The number of rotatable bonds is 8. The summed E-state index contributed by atoms with van der Waals surface area (Å²) in [5.74, 6) is 0.887. The molecule has 0 aliphatic heterocycles. The highest BCUT2D eigenvalue weighted by Gasteiger charge is 2.20. The Balaban J connectivity index is 0.953. The summed E-state index contributed by atoms with van der Waals surface area (Å²) in [6, 6.07) is 84.7. The molecule has 0 spiro atoms. The van der Waals surface area contributed by atoms with Gasteiger partial charge in [-0.2, -0.15) is 0 Å². The highest BCUT2D eigenvalue weighted by atomic mass is 16.3. The van der Waals surface area contributed by atoms with E-state index < -0.39 is 0 Å². The molecule has 60 heavy (non-hydrogen) atoms. The van der Waals surface area contributed by atoms with Crippen molar-refractivity contribution >= 4 is 49.6 Å². The van der Waals surface area contributed by atoms with Gasteiger partial charge < -0.3 is 9.32 Å². The second-order valence-electron chi connectivity index (χ2n) is 15.3. The quantitative estimate of drug-likeness (QED) is 0.143. The number of hydrogen-bond donors (Lipinski definition) is 0. The Kier molecular flexibility index (Phi) is 8.87. The molecule has 0 aliphatic rings. The Morgan fingerprint density at radius 2 is 0.783 bits per heavy atom. The van der Waals surface area contributed by atoms with Crippen LogP contribution in [-0.2, 0) is 0 Å². The molecule has 11 aromatic rings. The summed E-state index contributed by atoms with van der Waals surface area (Å²) in [6.45, 7) is 0. The zero-order chi connectivity index (χ0) is 39.8. The van der Waals surface area contributed by atoms with Crippen LogP contribution < -0.4 is 4.90 Å². The second-order valence-corrected chi connectivity index (χ2v) is 15.3. The molecule has 2 nitrogen and oxygen atoms in total. The lowest BCUT2D eigenvalue weighted by Gasteiger charge is -2.28. The predicted molar refractivity (Wildman–Crippen MR) is 253 cm³/mol. The molecular formula is C58H39NO. The van der Waals surface area contributed by atoms with Gasteiger partial charge >= 0.3 is 0 Å². The lowest BCUT2D eigenvalue weighted by Crippen LogP contribution is -2.10. The van der Waals surface area contributed by atoms with Gasteiger partial charge in [0.25, 0.3) is 0 Å². The third kappa shape index (κ3) is 6.41. The molecule has 0 bridgehead atoms. The second kappa shape index (κ2) is 15.1. The summed E-state index contributed by atoms with van der Waals surface area (Å²) in [5, 5.41) is 6.04. The molecule has 1 aromatic heterocycles. The molecule has 282 valence electrons. The fraction of sp³-hybridized carbons (Fsp3) is 0. The monoisotopic (exact) mass is 765 g/mol. The summed E-state index contributed by atoms with van der Waals surface area (Å²) in [5.41, 5.74) is 14.6. The lowest BCUT2D eigenvalue weighted by molar-refractivity contribution is 0.632. The van der Waals surface area contributed by atoms with Crippen molar-refractivity contribution in [1.82, 2.24) is 0 Å². The minimum absolute atomic E-state index is 0.887. The fourth-order valence-electron chi connectivity index (χ4n) is 8.74. The van der Waals surface area contributed by atoms with Gasteiger partial charge in [-0.25, -0.2) is 0 Å². The van der Waals surface area contributed by atoms with Gasteiger partial charge in [-0.3, -0.25) is 0 Å². The molecule has 0 amide bonds. The molecule has 0 saturated heterocycles. The van der Waals surface area contributed by atoms with Crippen molar-refractivity contribution in [2.24, 2.45) is 0 Å². The van der Waals surface area contributed by atoms with E-state index in [1.165, 1.54) is 38.2 Å². The van der Waals surface area contributed by atoms with E-state index in [-0.39, 0.29) is 0 Å². The van der Waals surface area contributed by atoms with Gasteiger partial charge in [0.05, 0.1) is 5.69 Å². The van der Waals surface area contributed by atoms with Crippen molar-refractivity contribution < 1.29 is 4.42 Å². The maximum Gasteiger partial charge on any atom is 0.143 e. The average molecular weight is 766 g/mol. The molecule has 11 rings (SSSR count). The number of nitrogens with zero attached hydrogens (tertiary/aromatic N) is 1. The highest BCUT2D eigenvalue weighted by molar-refractivity contribution is 6.14. The lowest BCUT2D eigenvalue weighted by atomic mass is 9.95. The first-order valence-corrected chi connectivity index (χ1v) is 20.5. The van der Waals surface area contributed by atoms with Gasteiger partial charge in [-0.05, 0) is 97.6 Å². The maximum atomic E-state index is 6.55. The molecule has 10 aromatic carbocycles. The van der Waals surface area contributed by atoms with Crippen LogP contribution in [-0.4, -0.2) is 0 Å². The van der Waals surface area contributed by atoms with Crippen LogP contribution in [0.3, 0.4) is 0 Å². The Labute approximate surface area is 349 Å². The van der Waals surface area contributed by atoms with E-state index in [1.54, 1.807) is 0 Å². The van der Waals surface area contributed by atoms with Crippen LogP contribution in [0.5, 0.6) is 0 Å². The third-order valence-corrected chi connectivity index (χ3v) is 11.7. The van der Waals surface area contributed by atoms with E-state index in [9.17, 15) is 0 Å². The predicted octanol–water partition coefficient (Wildman–Crippen LogP) is 16.5. The van der Waals surface area contributed by atoms with E-state index in [1.807, 2.05) is 12.1 Å². The zero-order valence-corrected chi connectivity index (χ0v) is 32.9. The number of furan rings is 1. The van der Waals surface area contributed by atoms with Crippen LogP contribution in [0, 0.1) is 0 Å². The molecule has 0 unspecified atom stereocenters. The molecule has 0 aliphatic carbocycles. The van der Waals surface area contributed by atoms with E-state index in [0.29, 0.717) is 0 Å². The number of anilines is 3. The van der Waals surface area contributed by atoms with Crippen molar-refractivity contribution in [3.8, 4) is 55.8 Å². The van der Waals surface area contributed by atoms with Gasteiger partial charge in [0.1, 0.15) is 11.3 Å². The normalized spacial score (nSPS) is 11.3. The van der Waals surface area contributed by atoms with Gasteiger partial charge in [-0.15, -0.1) is 0 Å². The van der Waals surface area contributed by atoms with Gasteiger partial charge in [0.2, 0.25) is 0 Å². The first kappa shape index (κ1) is 35.2. The third-order valence-electron chi connectivity index (χ3n) is 11.7. The van der Waals surface area contributed by atoms with E-state index in [4.69, 9.17) is 4.42 Å². The molecule has 0 atom stereocenters. The zero-order valence-electron chi connectivity index (χ0n) is 32.9. The molecule has 0 fully saturated rings. The minimum Gasteiger partial charge on any atom is -0.455 e. The molecule has 0 N–H and O–H groups in total. The molecule has 0 radical (unpaired) electrons. The molecule has 0 saturated carbocycles. The van der Waals surface area contributed by atoms with Crippen molar-refractivity contribution in [3.63, 3.8) is 0 Å². The standard InChI is InChI=1S/C58H39NO/c1-3-15-40(16-4-1)46-21-14-23-50(38-46)59(55-39-47-19-7-8-24-51(47)52-25-9-10-26-53(52)55)49-35-33-42(34-36-49)41-29-31-43(32-30-41)45-20-13-22-48(37-45)58-57(44-17-5-2-6-18-44)54-27-11-12-28-56(54)60-58/h1-39H. The fourth-order valence-corrected chi connectivity index (χ4v) is 8.74. The Morgan fingerprint density at radius 1 is 0.283 bits per heavy atom. The van der Waals surface area contributed by atoms with Crippen LogP contribution >= 0.6 is 0 Å². The summed E-state index contributed by atoms with van der Waals surface area (Å²) in [4.78, 5) is 2.41. The first-order valence-electron chi connectivity index (χ1n) is 20.5. The van der Waals surface area contributed by atoms with Crippen LogP contribution in [0.2, 0.25) is 0 Å². The average Bonchev–Trinajstić information content (AvgIpc) is 3.73. The molecule has 2 heteroatoms.